The van der Waals surface area contributed by atoms with E-state index < -0.39 is 0 Å². The Morgan fingerprint density at radius 2 is 2.44 bits per heavy atom. The van der Waals surface area contributed by atoms with Crippen LogP contribution in [0.25, 0.3) is 0 Å². The molecule has 2 rings (SSSR count). The van der Waals surface area contributed by atoms with E-state index in [4.69, 9.17) is 4.74 Å². The van der Waals surface area contributed by atoms with Gasteiger partial charge in [0.2, 0.25) is 0 Å². The molecule has 0 radical (unpaired) electrons. The van der Waals surface area contributed by atoms with E-state index in [2.05, 4.69) is 22.9 Å². The Kier molecular flexibility index (Phi) is 4.81. The number of thiophene rings is 1. The van der Waals surface area contributed by atoms with Crippen LogP contribution in [-0.2, 0) is 11.2 Å². The van der Waals surface area contributed by atoms with Crippen LogP contribution in [0.2, 0.25) is 0 Å². The van der Waals surface area contributed by atoms with Crippen LogP contribution in [0.1, 0.15) is 29.1 Å². The van der Waals surface area contributed by atoms with Crippen molar-refractivity contribution < 1.29 is 9.53 Å². The molecule has 2 atom stereocenters. The summed E-state index contributed by atoms with van der Waals surface area (Å²) in [5.74, 6) is 0.156. The number of rotatable bonds is 3. The number of hydrogen-bond donors (Lipinski definition) is 0. The lowest BCUT2D eigenvalue weighted by atomic mass is 10.1. The molecule has 3 nitrogen and oxygen atoms in total. The Labute approximate surface area is 120 Å². The smallest absolute Gasteiger partial charge is 0.264 e. The minimum Gasteiger partial charge on any atom is -0.373 e. The molecule has 1 aliphatic heterocycles. The molecule has 1 aromatic rings. The predicted molar refractivity (Wildman–Crippen MR) is 77.7 cm³/mol. The lowest BCUT2D eigenvalue weighted by Gasteiger charge is -2.37. The highest BCUT2D eigenvalue weighted by molar-refractivity contribution is 9.09. The fourth-order valence-corrected chi connectivity index (χ4v) is 3.47. The van der Waals surface area contributed by atoms with Crippen LogP contribution in [0.3, 0.4) is 0 Å². The number of hydrogen-bond acceptors (Lipinski definition) is 3. The summed E-state index contributed by atoms with van der Waals surface area (Å²) < 4.78 is 5.66. The first kappa shape index (κ1) is 14.0. The maximum absolute atomic E-state index is 12.6. The first-order chi connectivity index (χ1) is 8.67. The molecule has 1 amide bonds. The molecule has 1 saturated heterocycles. The third-order valence-electron chi connectivity index (χ3n) is 3.26. The van der Waals surface area contributed by atoms with E-state index in [0.29, 0.717) is 13.2 Å². The van der Waals surface area contributed by atoms with E-state index in [1.54, 1.807) is 11.3 Å². The number of alkyl halides is 1. The summed E-state index contributed by atoms with van der Waals surface area (Å²) in [6.07, 6.45) is 1.01. The van der Waals surface area contributed by atoms with Gasteiger partial charge in [-0.25, -0.2) is 0 Å². The summed E-state index contributed by atoms with van der Waals surface area (Å²) >= 11 is 4.97. The van der Waals surface area contributed by atoms with Crippen molar-refractivity contribution in [3.05, 3.63) is 21.9 Å². The fourth-order valence-electron chi connectivity index (χ4n) is 2.13. The van der Waals surface area contributed by atoms with Crippen molar-refractivity contribution in [3.63, 3.8) is 0 Å². The normalized spacial score (nSPS) is 24.3. The van der Waals surface area contributed by atoms with Gasteiger partial charge < -0.3 is 9.64 Å². The topological polar surface area (TPSA) is 29.5 Å². The highest BCUT2D eigenvalue weighted by Gasteiger charge is 2.30. The lowest BCUT2D eigenvalue weighted by Crippen LogP contribution is -2.51. The number of ether oxygens (including phenoxy) is 1. The molecule has 0 aromatic carbocycles. The van der Waals surface area contributed by atoms with Gasteiger partial charge in [0.25, 0.3) is 5.91 Å². The molecule has 0 saturated carbocycles. The summed E-state index contributed by atoms with van der Waals surface area (Å²) in [6, 6.07) is 2.20. The van der Waals surface area contributed by atoms with Gasteiger partial charge in [0, 0.05) is 11.9 Å². The first-order valence-corrected chi connectivity index (χ1v) is 8.22. The lowest BCUT2D eigenvalue weighted by molar-refractivity contribution is -0.0360. The Hall–Kier alpha value is -0.390. The van der Waals surface area contributed by atoms with E-state index in [-0.39, 0.29) is 18.1 Å². The second-order valence-electron chi connectivity index (χ2n) is 4.54. The van der Waals surface area contributed by atoms with Crippen molar-refractivity contribution in [2.45, 2.75) is 32.4 Å². The van der Waals surface area contributed by atoms with E-state index in [1.165, 1.54) is 0 Å². The van der Waals surface area contributed by atoms with Gasteiger partial charge in [-0.1, -0.05) is 22.9 Å². The van der Waals surface area contributed by atoms with E-state index >= 15 is 0 Å². The van der Waals surface area contributed by atoms with Crippen LogP contribution in [0.4, 0.5) is 0 Å². The number of morpholine rings is 1. The van der Waals surface area contributed by atoms with Gasteiger partial charge in [-0.05, 0) is 30.4 Å². The number of amides is 1. The van der Waals surface area contributed by atoms with E-state index in [9.17, 15) is 4.79 Å². The summed E-state index contributed by atoms with van der Waals surface area (Å²) in [5.41, 5.74) is 1.15. The zero-order valence-electron chi connectivity index (χ0n) is 10.7. The summed E-state index contributed by atoms with van der Waals surface area (Å²) in [6.45, 7) is 5.42. The minimum atomic E-state index is 0.107. The maximum Gasteiger partial charge on any atom is 0.264 e. The molecule has 0 aliphatic carbocycles. The van der Waals surface area contributed by atoms with Gasteiger partial charge in [-0.2, -0.15) is 0 Å². The molecular weight excluding hydrogens is 314 g/mol. The summed E-state index contributed by atoms with van der Waals surface area (Å²) in [5, 5.41) is 2.77. The van der Waals surface area contributed by atoms with Gasteiger partial charge in [-0.3, -0.25) is 4.79 Å². The number of carbonyl (C=O) groups is 1. The van der Waals surface area contributed by atoms with Crippen LogP contribution >= 0.6 is 27.3 Å². The molecule has 1 aromatic heterocycles. The third-order valence-corrected chi connectivity index (χ3v) is 4.93. The Bertz CT molecular complexity index is 421. The third kappa shape index (κ3) is 2.78. The molecule has 0 bridgehead atoms. The molecule has 1 fully saturated rings. The van der Waals surface area contributed by atoms with Crippen LogP contribution in [0.15, 0.2) is 11.4 Å². The molecule has 100 valence electrons. The molecule has 1 aliphatic rings. The monoisotopic (exact) mass is 331 g/mol. The molecule has 2 unspecified atom stereocenters. The average Bonchev–Trinajstić information content (AvgIpc) is 2.86. The zero-order valence-corrected chi connectivity index (χ0v) is 13.1. The summed E-state index contributed by atoms with van der Waals surface area (Å²) in [7, 11) is 0. The summed E-state index contributed by atoms with van der Waals surface area (Å²) in [4.78, 5) is 15.4. The first-order valence-electron chi connectivity index (χ1n) is 6.22. The Morgan fingerprint density at radius 3 is 3.11 bits per heavy atom. The van der Waals surface area contributed by atoms with Gasteiger partial charge in [0.15, 0.2) is 0 Å². The molecule has 5 heteroatoms. The van der Waals surface area contributed by atoms with Crippen LogP contribution < -0.4 is 0 Å². The number of nitrogens with zero attached hydrogens (tertiary/aromatic N) is 1. The van der Waals surface area contributed by atoms with Crippen molar-refractivity contribution >= 4 is 33.2 Å². The maximum atomic E-state index is 12.6. The number of carbonyl (C=O) groups excluding carboxylic acids is 1. The number of halogens is 1. The minimum absolute atomic E-state index is 0.107. The number of aryl methyl sites for hydroxylation is 1. The van der Waals surface area contributed by atoms with Crippen LogP contribution in [0.5, 0.6) is 0 Å². The van der Waals surface area contributed by atoms with Gasteiger partial charge in [0.1, 0.15) is 0 Å². The van der Waals surface area contributed by atoms with Crippen LogP contribution in [0, 0.1) is 0 Å². The van der Waals surface area contributed by atoms with Crippen molar-refractivity contribution in [2.75, 3.05) is 18.5 Å². The molecular formula is C13H18BrNO2S. The highest BCUT2D eigenvalue weighted by Crippen LogP contribution is 2.23. The van der Waals surface area contributed by atoms with Crippen LogP contribution in [-0.4, -0.2) is 41.4 Å². The average molecular weight is 332 g/mol. The second kappa shape index (κ2) is 6.17. The van der Waals surface area contributed by atoms with E-state index in [1.807, 2.05) is 23.3 Å². The predicted octanol–water partition coefficient (Wildman–Crippen LogP) is 2.93. The standard InChI is InChI=1S/C13H18BrNO2S/c1-3-10-4-5-18-12(10)13(16)15-7-11(6-14)17-8-9(15)2/h4-5,9,11H,3,6-8H2,1-2H3. The van der Waals surface area contributed by atoms with Gasteiger partial charge >= 0.3 is 0 Å². The van der Waals surface area contributed by atoms with Crippen molar-refractivity contribution in [1.82, 2.24) is 4.90 Å². The largest absolute Gasteiger partial charge is 0.373 e. The van der Waals surface area contributed by atoms with Crippen molar-refractivity contribution in [2.24, 2.45) is 0 Å². The fraction of sp³-hybridized carbons (Fsp3) is 0.615. The van der Waals surface area contributed by atoms with Crippen molar-refractivity contribution in [1.29, 1.82) is 0 Å². The Morgan fingerprint density at radius 1 is 1.67 bits per heavy atom. The SMILES string of the molecule is CCc1ccsc1C(=O)N1CC(CBr)OCC1C. The van der Waals surface area contributed by atoms with Gasteiger partial charge in [0.05, 0.1) is 23.6 Å². The second-order valence-corrected chi connectivity index (χ2v) is 6.11. The quantitative estimate of drug-likeness (QED) is 0.797. The molecule has 0 spiro atoms. The van der Waals surface area contributed by atoms with Gasteiger partial charge in [-0.15, -0.1) is 11.3 Å². The Balaban J connectivity index is 2.16. The molecule has 2 heterocycles. The molecule has 18 heavy (non-hydrogen) atoms. The molecule has 0 N–H and O–H groups in total. The van der Waals surface area contributed by atoms with Crippen molar-refractivity contribution in [3.8, 4) is 0 Å². The highest BCUT2D eigenvalue weighted by atomic mass is 79.9. The van der Waals surface area contributed by atoms with E-state index in [0.717, 1.165) is 22.2 Å². The zero-order chi connectivity index (χ0) is 13.1.